The molecule has 4 nitrogen and oxygen atoms in total. The number of thiocarbonyl (C=S) groups is 1. The van der Waals surface area contributed by atoms with Crippen molar-refractivity contribution in [3.63, 3.8) is 0 Å². The highest BCUT2D eigenvalue weighted by Gasteiger charge is 2.18. The summed E-state index contributed by atoms with van der Waals surface area (Å²) < 4.78 is 5.79. The fourth-order valence-electron chi connectivity index (χ4n) is 4.44. The van der Waals surface area contributed by atoms with Crippen LogP contribution >= 0.6 is 12.2 Å². The van der Waals surface area contributed by atoms with Gasteiger partial charge in [0.2, 0.25) is 0 Å². The van der Waals surface area contributed by atoms with Gasteiger partial charge in [0.05, 0.1) is 6.10 Å². The van der Waals surface area contributed by atoms with Gasteiger partial charge in [-0.1, -0.05) is 31.2 Å². The van der Waals surface area contributed by atoms with E-state index < -0.39 is 0 Å². The van der Waals surface area contributed by atoms with Crippen molar-refractivity contribution in [3.8, 4) is 0 Å². The van der Waals surface area contributed by atoms with Crippen molar-refractivity contribution < 1.29 is 4.74 Å². The molecule has 2 aromatic rings. The first-order valence-corrected chi connectivity index (χ1v) is 12.9. The topological polar surface area (TPSA) is 27.7 Å². The Morgan fingerprint density at radius 3 is 2.76 bits per heavy atom. The maximum absolute atomic E-state index is 5.90. The Morgan fingerprint density at radius 1 is 1.18 bits per heavy atom. The lowest BCUT2D eigenvalue weighted by Gasteiger charge is -2.32. The molecule has 0 aromatic heterocycles. The third-order valence-electron chi connectivity index (χ3n) is 6.17. The number of anilines is 2. The highest BCUT2D eigenvalue weighted by Crippen LogP contribution is 2.29. The minimum atomic E-state index is 0.255. The van der Waals surface area contributed by atoms with Crippen LogP contribution in [0.5, 0.6) is 0 Å². The van der Waals surface area contributed by atoms with E-state index in [0.717, 1.165) is 49.9 Å². The molecule has 2 aromatic carbocycles. The SMILES string of the molecule is CCCN1CCCc2cc(CN(CCCOC(C)C)C(=S)Nc3cc(C)ccc3C)ccc21. The lowest BCUT2D eigenvalue weighted by Crippen LogP contribution is -2.36. The largest absolute Gasteiger partial charge is 0.379 e. The Morgan fingerprint density at radius 2 is 2.00 bits per heavy atom. The summed E-state index contributed by atoms with van der Waals surface area (Å²) in [7, 11) is 0. The molecule has 5 heteroatoms. The summed E-state index contributed by atoms with van der Waals surface area (Å²) in [5, 5.41) is 4.29. The second-order valence-electron chi connectivity index (χ2n) is 9.50. The standard InChI is InChI=1S/C28H41N3OS/c1-6-14-30-15-7-9-25-19-24(12-13-27(25)30)20-31(16-8-17-32-21(2)3)28(33)29-26-18-22(4)10-11-23(26)5/h10-13,18-19,21H,6-9,14-17,20H2,1-5H3,(H,29,33). The van der Waals surface area contributed by atoms with E-state index in [1.54, 1.807) is 0 Å². The Kier molecular flexibility index (Phi) is 9.57. The van der Waals surface area contributed by atoms with Gasteiger partial charge in [-0.25, -0.2) is 0 Å². The van der Waals surface area contributed by atoms with Gasteiger partial charge in [-0.15, -0.1) is 0 Å². The first-order valence-electron chi connectivity index (χ1n) is 12.5. The number of fused-ring (bicyclic) bond motifs is 1. The Balaban J connectivity index is 1.74. The van der Waals surface area contributed by atoms with Crippen LogP contribution in [0.1, 0.15) is 62.3 Å². The predicted octanol–water partition coefficient (Wildman–Crippen LogP) is 6.48. The quantitative estimate of drug-likeness (QED) is 0.319. The van der Waals surface area contributed by atoms with Crippen molar-refractivity contribution in [2.24, 2.45) is 0 Å². The van der Waals surface area contributed by atoms with Crippen molar-refractivity contribution in [2.75, 3.05) is 36.5 Å². The fourth-order valence-corrected chi connectivity index (χ4v) is 4.71. The second kappa shape index (κ2) is 12.4. The average molecular weight is 468 g/mol. The molecule has 1 N–H and O–H groups in total. The van der Waals surface area contributed by atoms with E-state index in [4.69, 9.17) is 17.0 Å². The van der Waals surface area contributed by atoms with E-state index in [1.165, 1.54) is 47.3 Å². The molecule has 3 rings (SSSR count). The Hall–Kier alpha value is -2.11. The van der Waals surface area contributed by atoms with Crippen molar-refractivity contribution in [3.05, 3.63) is 58.7 Å². The van der Waals surface area contributed by atoms with E-state index >= 15 is 0 Å². The summed E-state index contributed by atoms with van der Waals surface area (Å²) >= 11 is 5.90. The molecule has 33 heavy (non-hydrogen) atoms. The molecule has 1 heterocycles. The number of rotatable bonds is 10. The Labute approximate surface area is 206 Å². The van der Waals surface area contributed by atoms with Crippen molar-refractivity contribution in [1.82, 2.24) is 4.90 Å². The third-order valence-corrected chi connectivity index (χ3v) is 6.53. The molecule has 0 atom stereocenters. The van der Waals surface area contributed by atoms with Crippen LogP contribution in [0.15, 0.2) is 36.4 Å². The molecule has 0 amide bonds. The van der Waals surface area contributed by atoms with Gasteiger partial charge in [0.25, 0.3) is 0 Å². The van der Waals surface area contributed by atoms with Crippen molar-refractivity contribution >= 4 is 28.7 Å². The number of hydrogen-bond donors (Lipinski definition) is 1. The molecule has 0 unspecified atom stereocenters. The molecule has 180 valence electrons. The molecule has 0 aliphatic carbocycles. The van der Waals surface area contributed by atoms with Crippen LogP contribution in [0.3, 0.4) is 0 Å². The van der Waals surface area contributed by atoms with E-state index in [1.807, 2.05) is 0 Å². The summed E-state index contributed by atoms with van der Waals surface area (Å²) in [5.41, 5.74) is 7.74. The maximum Gasteiger partial charge on any atom is 0.173 e. The van der Waals surface area contributed by atoms with Crippen LogP contribution in [0.25, 0.3) is 0 Å². The third kappa shape index (κ3) is 7.44. The van der Waals surface area contributed by atoms with Crippen LogP contribution in [0.4, 0.5) is 11.4 Å². The molecule has 0 fully saturated rings. The van der Waals surface area contributed by atoms with E-state index in [2.05, 4.69) is 86.1 Å². The molecular weight excluding hydrogens is 426 g/mol. The highest BCUT2D eigenvalue weighted by molar-refractivity contribution is 7.80. The fraction of sp³-hybridized carbons (Fsp3) is 0.536. The van der Waals surface area contributed by atoms with E-state index in [0.29, 0.717) is 0 Å². The zero-order valence-electron chi connectivity index (χ0n) is 21.1. The smallest absolute Gasteiger partial charge is 0.173 e. The van der Waals surface area contributed by atoms with Gasteiger partial charge in [-0.05, 0) is 100.0 Å². The first-order chi connectivity index (χ1) is 15.9. The molecule has 0 radical (unpaired) electrons. The number of nitrogens with zero attached hydrogens (tertiary/aromatic N) is 2. The van der Waals surface area contributed by atoms with Gasteiger partial charge in [0, 0.05) is 44.2 Å². The predicted molar refractivity (Wildman–Crippen MR) is 146 cm³/mol. The number of benzene rings is 2. The lowest BCUT2D eigenvalue weighted by atomic mass is 9.99. The van der Waals surface area contributed by atoms with Crippen LogP contribution in [-0.2, 0) is 17.7 Å². The lowest BCUT2D eigenvalue weighted by molar-refractivity contribution is 0.0739. The average Bonchev–Trinajstić information content (AvgIpc) is 2.78. The number of aryl methyl sites for hydroxylation is 3. The molecule has 1 aliphatic heterocycles. The van der Waals surface area contributed by atoms with Crippen LogP contribution in [-0.4, -0.2) is 42.4 Å². The van der Waals surface area contributed by atoms with Gasteiger partial charge in [0.15, 0.2) is 5.11 Å². The molecule has 0 saturated carbocycles. The Bertz CT molecular complexity index is 927. The summed E-state index contributed by atoms with van der Waals surface area (Å²) in [6.45, 7) is 15.4. The number of ether oxygens (including phenoxy) is 1. The van der Waals surface area contributed by atoms with Gasteiger partial charge in [-0.2, -0.15) is 0 Å². The molecule has 0 saturated heterocycles. The van der Waals surface area contributed by atoms with Gasteiger partial charge >= 0.3 is 0 Å². The van der Waals surface area contributed by atoms with Crippen LogP contribution in [0.2, 0.25) is 0 Å². The monoisotopic (exact) mass is 467 g/mol. The summed E-state index contributed by atoms with van der Waals surface area (Å²) in [6, 6.07) is 13.5. The summed E-state index contributed by atoms with van der Waals surface area (Å²) in [6.07, 6.45) is 4.79. The summed E-state index contributed by atoms with van der Waals surface area (Å²) in [4.78, 5) is 4.82. The van der Waals surface area contributed by atoms with E-state index in [9.17, 15) is 0 Å². The van der Waals surface area contributed by atoms with Crippen molar-refractivity contribution in [2.45, 2.75) is 73.0 Å². The van der Waals surface area contributed by atoms with Crippen molar-refractivity contribution in [1.29, 1.82) is 0 Å². The zero-order chi connectivity index (χ0) is 23.8. The first kappa shape index (κ1) is 25.5. The van der Waals surface area contributed by atoms with Gasteiger partial charge < -0.3 is 19.9 Å². The number of hydrogen-bond acceptors (Lipinski definition) is 3. The normalized spacial score (nSPS) is 13.2. The minimum absolute atomic E-state index is 0.255. The highest BCUT2D eigenvalue weighted by atomic mass is 32.1. The zero-order valence-corrected chi connectivity index (χ0v) is 21.9. The maximum atomic E-state index is 5.90. The molecule has 0 spiro atoms. The second-order valence-corrected chi connectivity index (χ2v) is 9.88. The minimum Gasteiger partial charge on any atom is -0.379 e. The molecule has 0 bridgehead atoms. The molecular formula is C28H41N3OS. The van der Waals surface area contributed by atoms with E-state index in [-0.39, 0.29) is 6.10 Å². The molecule has 1 aliphatic rings. The van der Waals surface area contributed by atoms with Crippen LogP contribution < -0.4 is 10.2 Å². The van der Waals surface area contributed by atoms with Gasteiger partial charge in [0.1, 0.15) is 0 Å². The van der Waals surface area contributed by atoms with Crippen LogP contribution in [0, 0.1) is 13.8 Å². The van der Waals surface area contributed by atoms with Gasteiger partial charge in [-0.3, -0.25) is 0 Å². The number of nitrogens with one attached hydrogen (secondary N) is 1. The summed E-state index contributed by atoms with van der Waals surface area (Å²) in [5.74, 6) is 0.